The van der Waals surface area contributed by atoms with Crippen LogP contribution in [-0.2, 0) is 26.2 Å². The van der Waals surface area contributed by atoms with E-state index in [1.807, 2.05) is 58.9 Å². The van der Waals surface area contributed by atoms with Gasteiger partial charge in [0.1, 0.15) is 18.3 Å². The summed E-state index contributed by atoms with van der Waals surface area (Å²) in [5.74, 6) is -0.285. The first-order chi connectivity index (χ1) is 18.7. The number of anilines is 1. The Morgan fingerprint density at radius 1 is 0.925 bits per heavy atom. The van der Waals surface area contributed by atoms with Crippen LogP contribution in [0.1, 0.15) is 44.4 Å². The van der Waals surface area contributed by atoms with Gasteiger partial charge in [-0.1, -0.05) is 47.5 Å². The summed E-state index contributed by atoms with van der Waals surface area (Å²) in [5.41, 5.74) is 2.55. The summed E-state index contributed by atoms with van der Waals surface area (Å²) < 4.78 is 34.1. The molecule has 3 rings (SSSR count). The van der Waals surface area contributed by atoms with E-state index in [0.717, 1.165) is 21.0 Å². The largest absolute Gasteiger partial charge is 0.497 e. The van der Waals surface area contributed by atoms with E-state index < -0.39 is 34.1 Å². The molecule has 0 aliphatic heterocycles. The van der Waals surface area contributed by atoms with Gasteiger partial charge >= 0.3 is 0 Å². The Morgan fingerprint density at radius 3 is 2.10 bits per heavy atom. The third-order valence-corrected chi connectivity index (χ3v) is 8.14. The number of carbonyl (C=O) groups excluding carboxylic acids is 2. The maximum Gasteiger partial charge on any atom is 0.264 e. The normalized spacial score (nSPS) is 12.4. The van der Waals surface area contributed by atoms with E-state index in [0.29, 0.717) is 11.4 Å². The lowest BCUT2D eigenvalue weighted by atomic mass is 10.1. The maximum atomic E-state index is 14.0. The van der Waals surface area contributed by atoms with Crippen molar-refractivity contribution in [3.63, 3.8) is 0 Å². The molecule has 0 saturated carbocycles. The minimum Gasteiger partial charge on any atom is -0.497 e. The molecule has 9 heteroatoms. The topological polar surface area (TPSA) is 96.0 Å². The Labute approximate surface area is 238 Å². The van der Waals surface area contributed by atoms with Crippen LogP contribution in [0.2, 0.25) is 0 Å². The minimum absolute atomic E-state index is 0.0606. The zero-order valence-electron chi connectivity index (χ0n) is 24.3. The Bertz CT molecular complexity index is 1430. The number of methoxy groups -OCH3 is 1. The monoisotopic (exact) mass is 565 g/mol. The fourth-order valence-corrected chi connectivity index (χ4v) is 5.59. The molecule has 1 N–H and O–H groups in total. The van der Waals surface area contributed by atoms with Crippen LogP contribution < -0.4 is 14.4 Å². The summed E-state index contributed by atoms with van der Waals surface area (Å²) in [6.07, 6.45) is 0. The van der Waals surface area contributed by atoms with Crippen LogP contribution in [-0.4, -0.2) is 50.4 Å². The molecule has 1 unspecified atom stereocenters. The van der Waals surface area contributed by atoms with E-state index in [-0.39, 0.29) is 17.3 Å². The summed E-state index contributed by atoms with van der Waals surface area (Å²) in [4.78, 5) is 28.7. The first kappa shape index (κ1) is 30.7. The number of benzene rings is 3. The second-order valence-corrected chi connectivity index (χ2v) is 12.8. The van der Waals surface area contributed by atoms with Crippen molar-refractivity contribution in [2.24, 2.45) is 0 Å². The zero-order valence-corrected chi connectivity index (χ0v) is 25.1. The molecule has 0 heterocycles. The Hall–Kier alpha value is -3.85. The van der Waals surface area contributed by atoms with Crippen molar-refractivity contribution < 1.29 is 22.7 Å². The molecule has 0 saturated heterocycles. The van der Waals surface area contributed by atoms with Gasteiger partial charge in [-0.05, 0) is 83.5 Å². The van der Waals surface area contributed by atoms with E-state index in [1.54, 1.807) is 43.3 Å². The molecule has 1 atom stereocenters. The zero-order chi connectivity index (χ0) is 29.7. The van der Waals surface area contributed by atoms with Crippen molar-refractivity contribution >= 4 is 27.5 Å². The molecule has 40 heavy (non-hydrogen) atoms. The molecule has 0 aliphatic rings. The SMILES string of the molecule is COc1ccc(N(CC(=O)N(Cc2cccc(C)c2)C(C)C(=O)NC(C)(C)C)S(=O)(=O)c2ccc(C)cc2)cc1. The average Bonchev–Trinajstić information content (AvgIpc) is 2.89. The van der Waals surface area contributed by atoms with E-state index in [4.69, 9.17) is 4.74 Å². The van der Waals surface area contributed by atoms with Crippen LogP contribution in [0.3, 0.4) is 0 Å². The molecule has 0 spiro atoms. The molecule has 0 aromatic heterocycles. The number of rotatable bonds is 10. The number of hydrogen-bond acceptors (Lipinski definition) is 5. The molecule has 0 fully saturated rings. The number of hydrogen-bond donors (Lipinski definition) is 1. The summed E-state index contributed by atoms with van der Waals surface area (Å²) in [7, 11) is -2.61. The number of nitrogens with zero attached hydrogens (tertiary/aromatic N) is 2. The first-order valence-electron chi connectivity index (χ1n) is 13.1. The highest BCUT2D eigenvalue weighted by Gasteiger charge is 2.33. The van der Waals surface area contributed by atoms with Gasteiger partial charge < -0.3 is 15.0 Å². The third-order valence-electron chi connectivity index (χ3n) is 6.35. The van der Waals surface area contributed by atoms with Crippen molar-refractivity contribution in [2.45, 2.75) is 64.6 Å². The van der Waals surface area contributed by atoms with Crippen LogP contribution in [0, 0.1) is 13.8 Å². The molecular weight excluding hydrogens is 526 g/mol. The molecule has 214 valence electrons. The van der Waals surface area contributed by atoms with Gasteiger partial charge in [0.15, 0.2) is 0 Å². The Morgan fingerprint density at radius 2 is 1.55 bits per heavy atom. The first-order valence-corrected chi connectivity index (χ1v) is 14.6. The predicted molar refractivity (Wildman–Crippen MR) is 158 cm³/mol. The summed E-state index contributed by atoms with van der Waals surface area (Å²) in [5, 5.41) is 2.93. The average molecular weight is 566 g/mol. The van der Waals surface area contributed by atoms with E-state index in [2.05, 4.69) is 5.32 Å². The number of sulfonamides is 1. The van der Waals surface area contributed by atoms with Gasteiger partial charge in [-0.2, -0.15) is 0 Å². The van der Waals surface area contributed by atoms with Crippen LogP contribution in [0.25, 0.3) is 0 Å². The van der Waals surface area contributed by atoms with Crippen molar-refractivity contribution in [3.8, 4) is 5.75 Å². The second kappa shape index (κ2) is 12.6. The highest BCUT2D eigenvalue weighted by molar-refractivity contribution is 7.92. The number of nitrogens with one attached hydrogen (secondary N) is 1. The minimum atomic E-state index is -4.13. The van der Waals surface area contributed by atoms with Crippen molar-refractivity contribution in [1.29, 1.82) is 0 Å². The van der Waals surface area contributed by atoms with Gasteiger partial charge in [-0.15, -0.1) is 0 Å². The lowest BCUT2D eigenvalue weighted by molar-refractivity contribution is -0.140. The highest BCUT2D eigenvalue weighted by atomic mass is 32.2. The fraction of sp³-hybridized carbons (Fsp3) is 0.355. The van der Waals surface area contributed by atoms with Gasteiger partial charge in [-0.3, -0.25) is 13.9 Å². The van der Waals surface area contributed by atoms with E-state index in [9.17, 15) is 18.0 Å². The molecular formula is C31H39N3O5S. The summed E-state index contributed by atoms with van der Waals surface area (Å²) in [6.45, 7) is 10.7. The van der Waals surface area contributed by atoms with E-state index >= 15 is 0 Å². The number of carbonyl (C=O) groups is 2. The van der Waals surface area contributed by atoms with Crippen LogP contribution in [0.4, 0.5) is 5.69 Å². The molecule has 8 nitrogen and oxygen atoms in total. The van der Waals surface area contributed by atoms with Gasteiger partial charge in [0, 0.05) is 12.1 Å². The standard InChI is InChI=1S/C31H39N3O5S/c1-22-11-17-28(18-12-22)40(37,38)34(26-13-15-27(39-7)16-14-26)21-29(35)33(20-25-10-8-9-23(2)19-25)24(3)30(36)32-31(4,5)6/h8-19,24H,20-21H2,1-7H3,(H,32,36). The van der Waals surface area contributed by atoms with Gasteiger partial charge in [0.2, 0.25) is 11.8 Å². The smallest absolute Gasteiger partial charge is 0.264 e. The van der Waals surface area contributed by atoms with Gasteiger partial charge in [0.05, 0.1) is 17.7 Å². The molecule has 0 aliphatic carbocycles. The number of aryl methyl sites for hydroxylation is 2. The maximum absolute atomic E-state index is 14.0. The predicted octanol–water partition coefficient (Wildman–Crippen LogP) is 4.84. The second-order valence-electron chi connectivity index (χ2n) is 10.9. The lowest BCUT2D eigenvalue weighted by Crippen LogP contribution is -2.54. The van der Waals surface area contributed by atoms with E-state index in [1.165, 1.54) is 24.1 Å². The molecule has 3 aromatic rings. The van der Waals surface area contributed by atoms with Gasteiger partial charge in [0.25, 0.3) is 10.0 Å². The van der Waals surface area contributed by atoms with Gasteiger partial charge in [-0.25, -0.2) is 8.42 Å². The molecule has 2 amide bonds. The molecule has 0 radical (unpaired) electrons. The molecule has 0 bridgehead atoms. The summed E-state index contributed by atoms with van der Waals surface area (Å²) >= 11 is 0. The quantitative estimate of drug-likeness (QED) is 0.380. The fourth-order valence-electron chi connectivity index (χ4n) is 4.18. The highest BCUT2D eigenvalue weighted by Crippen LogP contribution is 2.27. The van der Waals surface area contributed by atoms with Crippen LogP contribution in [0.5, 0.6) is 5.75 Å². The Balaban J connectivity index is 2.04. The van der Waals surface area contributed by atoms with Crippen molar-refractivity contribution in [2.75, 3.05) is 18.0 Å². The number of ether oxygens (including phenoxy) is 1. The van der Waals surface area contributed by atoms with Crippen molar-refractivity contribution in [3.05, 3.63) is 89.5 Å². The van der Waals surface area contributed by atoms with Crippen molar-refractivity contribution in [1.82, 2.24) is 10.2 Å². The summed E-state index contributed by atoms with van der Waals surface area (Å²) in [6, 6.07) is 19.7. The Kier molecular flexibility index (Phi) is 9.63. The molecule has 3 aromatic carbocycles. The lowest BCUT2D eigenvalue weighted by Gasteiger charge is -2.33. The number of amides is 2. The van der Waals surface area contributed by atoms with Crippen LogP contribution >= 0.6 is 0 Å². The van der Waals surface area contributed by atoms with Crippen LogP contribution in [0.15, 0.2) is 77.7 Å². The third kappa shape index (κ3) is 7.85.